The molecule has 3 rings (SSSR count). The van der Waals surface area contributed by atoms with E-state index in [2.05, 4.69) is 42.1 Å². The molecule has 0 N–H and O–H groups in total. The van der Waals surface area contributed by atoms with Gasteiger partial charge in [-0.3, -0.25) is 0 Å². The van der Waals surface area contributed by atoms with Crippen LogP contribution in [0.5, 0.6) is 0 Å². The van der Waals surface area contributed by atoms with Gasteiger partial charge >= 0.3 is 7.12 Å². The molecule has 18 heavy (non-hydrogen) atoms. The van der Waals surface area contributed by atoms with Crippen molar-refractivity contribution in [3.63, 3.8) is 0 Å². The van der Waals surface area contributed by atoms with Gasteiger partial charge in [-0.2, -0.15) is 22.7 Å². The topological polar surface area (TPSA) is 18.5 Å². The molecule has 0 saturated carbocycles. The molecule has 0 bridgehead atoms. The highest BCUT2D eigenvalue weighted by Crippen LogP contribution is 2.08. The van der Waals surface area contributed by atoms with Gasteiger partial charge in [0.15, 0.2) is 0 Å². The molecule has 1 saturated heterocycles. The molecule has 2 aromatic rings. The van der Waals surface area contributed by atoms with Crippen LogP contribution in [-0.2, 0) is 9.31 Å². The minimum atomic E-state index is -0.0996. The van der Waals surface area contributed by atoms with Crippen LogP contribution < -0.4 is 4.78 Å². The molecular weight excluding hydrogens is 263 g/mol. The number of hydrogen-bond acceptors (Lipinski definition) is 4. The standard InChI is InChI=1S/C8H11BO2S.C5H6S/c1-7-5-8(12-6-7)9-10-3-2-4-11-9;1-5-2-3-6-4-5/h5-6H,2-4H2,1H3;2-4H,1H3. The third-order valence-electron chi connectivity index (χ3n) is 2.47. The molecule has 0 aromatic carbocycles. The lowest BCUT2D eigenvalue weighted by Crippen LogP contribution is -2.39. The summed E-state index contributed by atoms with van der Waals surface area (Å²) in [6.07, 6.45) is 1.01. The fraction of sp³-hybridized carbons (Fsp3) is 0.385. The van der Waals surface area contributed by atoms with E-state index in [1.54, 1.807) is 22.7 Å². The van der Waals surface area contributed by atoms with Crippen LogP contribution in [0.1, 0.15) is 17.5 Å². The van der Waals surface area contributed by atoms with E-state index in [4.69, 9.17) is 9.31 Å². The van der Waals surface area contributed by atoms with Crippen molar-refractivity contribution in [3.8, 4) is 0 Å². The van der Waals surface area contributed by atoms with Gasteiger partial charge in [-0.1, -0.05) is 0 Å². The van der Waals surface area contributed by atoms with Crippen LogP contribution in [-0.4, -0.2) is 20.3 Å². The summed E-state index contributed by atoms with van der Waals surface area (Å²) in [5, 5.41) is 6.33. The fourth-order valence-corrected chi connectivity index (χ4v) is 3.12. The number of hydrogen-bond donors (Lipinski definition) is 0. The molecular formula is C13H17BO2S2. The first-order valence-electron chi connectivity index (χ1n) is 6.03. The lowest BCUT2D eigenvalue weighted by Gasteiger charge is -2.18. The zero-order valence-corrected chi connectivity index (χ0v) is 12.4. The molecule has 0 amide bonds. The average Bonchev–Trinajstić information content (AvgIpc) is 3.03. The van der Waals surface area contributed by atoms with Crippen LogP contribution in [0.4, 0.5) is 0 Å². The predicted octanol–water partition coefficient (Wildman–Crippen LogP) is 3.25. The normalized spacial score (nSPS) is 15.1. The smallest absolute Gasteiger partial charge is 0.407 e. The third-order valence-corrected chi connectivity index (χ3v) is 4.35. The van der Waals surface area contributed by atoms with Gasteiger partial charge in [-0.05, 0) is 59.7 Å². The van der Waals surface area contributed by atoms with E-state index in [9.17, 15) is 0 Å². The molecule has 0 radical (unpaired) electrons. The largest absolute Gasteiger partial charge is 0.504 e. The summed E-state index contributed by atoms with van der Waals surface area (Å²) in [5.74, 6) is 0. The average molecular weight is 280 g/mol. The maximum absolute atomic E-state index is 5.47. The Morgan fingerprint density at radius 3 is 2.33 bits per heavy atom. The first-order valence-corrected chi connectivity index (χ1v) is 7.85. The van der Waals surface area contributed by atoms with Gasteiger partial charge in [0.2, 0.25) is 0 Å². The SMILES string of the molecule is Cc1ccsc1.Cc1csc(B2OCCCO2)c1. The zero-order valence-electron chi connectivity index (χ0n) is 10.7. The molecule has 0 unspecified atom stereocenters. The number of rotatable bonds is 1. The van der Waals surface area contributed by atoms with E-state index in [-0.39, 0.29) is 7.12 Å². The summed E-state index contributed by atoms with van der Waals surface area (Å²) < 4.78 is 12.1. The second-order valence-electron chi connectivity index (χ2n) is 4.25. The van der Waals surface area contributed by atoms with E-state index >= 15 is 0 Å². The van der Waals surface area contributed by atoms with Crippen molar-refractivity contribution in [2.45, 2.75) is 20.3 Å². The van der Waals surface area contributed by atoms with Crippen LogP contribution in [0.3, 0.4) is 0 Å². The molecule has 0 aliphatic carbocycles. The molecule has 0 spiro atoms. The van der Waals surface area contributed by atoms with E-state index < -0.39 is 0 Å². The van der Waals surface area contributed by atoms with E-state index in [0.717, 1.165) is 19.6 Å². The molecule has 2 nitrogen and oxygen atoms in total. The Bertz CT molecular complexity index is 447. The van der Waals surface area contributed by atoms with Gasteiger partial charge in [0.25, 0.3) is 0 Å². The number of aryl methyl sites for hydroxylation is 2. The Morgan fingerprint density at radius 1 is 1.11 bits per heavy atom. The summed E-state index contributed by atoms with van der Waals surface area (Å²) in [4.78, 5) is 0. The summed E-state index contributed by atoms with van der Waals surface area (Å²) in [7, 11) is -0.0996. The molecule has 1 fully saturated rings. The monoisotopic (exact) mass is 280 g/mol. The van der Waals surface area contributed by atoms with Gasteiger partial charge in [0.05, 0.1) is 0 Å². The van der Waals surface area contributed by atoms with Crippen LogP contribution in [0.15, 0.2) is 28.3 Å². The third kappa shape index (κ3) is 4.25. The summed E-state index contributed by atoms with van der Waals surface area (Å²) in [6.45, 7) is 5.82. The molecule has 96 valence electrons. The van der Waals surface area contributed by atoms with Gasteiger partial charge in [0.1, 0.15) is 0 Å². The maximum Gasteiger partial charge on any atom is 0.504 e. The highest BCUT2D eigenvalue weighted by Gasteiger charge is 2.25. The predicted molar refractivity (Wildman–Crippen MR) is 80.0 cm³/mol. The summed E-state index contributed by atoms with van der Waals surface area (Å²) >= 11 is 3.45. The molecule has 3 heterocycles. The first-order chi connectivity index (χ1) is 8.75. The zero-order chi connectivity index (χ0) is 12.8. The van der Waals surface area contributed by atoms with E-state index in [0.29, 0.717) is 0 Å². The quantitative estimate of drug-likeness (QED) is 0.747. The lowest BCUT2D eigenvalue weighted by atomic mass is 9.86. The van der Waals surface area contributed by atoms with Crippen molar-refractivity contribution in [1.82, 2.24) is 0 Å². The van der Waals surface area contributed by atoms with Crippen molar-refractivity contribution in [1.29, 1.82) is 0 Å². The lowest BCUT2D eigenvalue weighted by molar-refractivity contribution is 0.144. The van der Waals surface area contributed by atoms with Gasteiger partial charge < -0.3 is 9.31 Å². The Balaban J connectivity index is 0.000000169. The molecule has 2 aromatic heterocycles. The number of thiophene rings is 2. The van der Waals surface area contributed by atoms with Crippen LogP contribution in [0.25, 0.3) is 0 Å². The van der Waals surface area contributed by atoms with Crippen molar-refractivity contribution in [3.05, 3.63) is 39.4 Å². The van der Waals surface area contributed by atoms with Crippen molar-refractivity contribution < 1.29 is 9.31 Å². The van der Waals surface area contributed by atoms with E-state index in [1.807, 2.05) is 0 Å². The molecule has 1 aliphatic rings. The highest BCUT2D eigenvalue weighted by molar-refractivity contribution is 7.20. The van der Waals surface area contributed by atoms with Gasteiger partial charge in [0, 0.05) is 18.0 Å². The first kappa shape index (κ1) is 13.8. The van der Waals surface area contributed by atoms with Crippen LogP contribution in [0.2, 0.25) is 0 Å². The van der Waals surface area contributed by atoms with Crippen LogP contribution in [0, 0.1) is 13.8 Å². The molecule has 0 atom stereocenters. The minimum Gasteiger partial charge on any atom is -0.407 e. The van der Waals surface area contributed by atoms with Crippen LogP contribution >= 0.6 is 22.7 Å². The Kier molecular flexibility index (Phi) is 5.44. The Hall–Kier alpha value is -0.615. The molecule has 5 heteroatoms. The Morgan fingerprint density at radius 2 is 1.89 bits per heavy atom. The summed E-state index contributed by atoms with van der Waals surface area (Å²) in [6, 6.07) is 4.23. The Labute approximate surface area is 117 Å². The maximum atomic E-state index is 5.47. The van der Waals surface area contributed by atoms with Gasteiger partial charge in [-0.15, -0.1) is 0 Å². The van der Waals surface area contributed by atoms with Gasteiger partial charge in [-0.25, -0.2) is 0 Å². The van der Waals surface area contributed by atoms with Crippen molar-refractivity contribution in [2.24, 2.45) is 0 Å². The van der Waals surface area contributed by atoms with Crippen molar-refractivity contribution in [2.75, 3.05) is 13.2 Å². The highest BCUT2D eigenvalue weighted by atomic mass is 32.1. The fourth-order valence-electron chi connectivity index (χ4n) is 1.56. The second-order valence-corrected chi connectivity index (χ2v) is 5.98. The molecule has 1 aliphatic heterocycles. The second kappa shape index (κ2) is 7.09. The van der Waals surface area contributed by atoms with Crippen molar-refractivity contribution >= 4 is 34.6 Å². The minimum absolute atomic E-state index is 0.0996. The summed E-state index contributed by atoms with van der Waals surface area (Å²) in [5.41, 5.74) is 2.65. The van der Waals surface area contributed by atoms with E-state index in [1.165, 1.54) is 15.9 Å².